The molecule has 1 saturated heterocycles. The fourth-order valence-corrected chi connectivity index (χ4v) is 3.84. The predicted octanol–water partition coefficient (Wildman–Crippen LogP) is 2.57. The SMILES string of the molecule is c1cncc(NC[C@@H]2CC[C@H]3[C@H]2OCCN3c2cccnc2)c1. The molecule has 2 aromatic heterocycles. The maximum absolute atomic E-state index is 6.14. The van der Waals surface area contributed by atoms with Gasteiger partial charge in [0.1, 0.15) is 0 Å². The van der Waals surface area contributed by atoms with Crippen LogP contribution in [-0.4, -0.2) is 41.8 Å². The van der Waals surface area contributed by atoms with Crippen molar-refractivity contribution in [3.63, 3.8) is 0 Å². The van der Waals surface area contributed by atoms with Crippen molar-refractivity contribution < 1.29 is 4.74 Å². The lowest BCUT2D eigenvalue weighted by molar-refractivity contribution is 0.00136. The van der Waals surface area contributed by atoms with Crippen LogP contribution in [0.25, 0.3) is 0 Å². The smallest absolute Gasteiger partial charge is 0.0823 e. The molecule has 2 aliphatic rings. The Hall–Kier alpha value is -2.14. The van der Waals surface area contributed by atoms with Gasteiger partial charge in [0.15, 0.2) is 0 Å². The number of morpholine rings is 1. The molecule has 2 aromatic rings. The van der Waals surface area contributed by atoms with Crippen LogP contribution in [0.2, 0.25) is 0 Å². The van der Waals surface area contributed by atoms with Crippen LogP contribution in [0.1, 0.15) is 12.8 Å². The van der Waals surface area contributed by atoms with Gasteiger partial charge in [-0.05, 0) is 37.1 Å². The number of ether oxygens (including phenoxy) is 1. The molecule has 4 rings (SSSR count). The first-order valence-electron chi connectivity index (χ1n) is 8.34. The van der Waals surface area contributed by atoms with Crippen molar-refractivity contribution in [3.8, 4) is 0 Å². The van der Waals surface area contributed by atoms with E-state index in [0.717, 1.165) is 25.4 Å². The molecule has 0 aromatic carbocycles. The van der Waals surface area contributed by atoms with Crippen LogP contribution < -0.4 is 10.2 Å². The van der Waals surface area contributed by atoms with E-state index in [0.29, 0.717) is 18.1 Å². The third-order valence-electron chi connectivity index (χ3n) is 4.93. The Morgan fingerprint density at radius 1 is 1.13 bits per heavy atom. The van der Waals surface area contributed by atoms with Crippen LogP contribution in [0.15, 0.2) is 49.1 Å². The molecule has 0 radical (unpaired) electrons. The lowest BCUT2D eigenvalue weighted by Crippen LogP contribution is -2.51. The molecule has 23 heavy (non-hydrogen) atoms. The van der Waals surface area contributed by atoms with Gasteiger partial charge < -0.3 is 15.0 Å². The number of hydrogen-bond donors (Lipinski definition) is 1. The number of fused-ring (bicyclic) bond motifs is 1. The minimum absolute atomic E-state index is 0.299. The third-order valence-corrected chi connectivity index (χ3v) is 4.93. The predicted molar refractivity (Wildman–Crippen MR) is 90.6 cm³/mol. The van der Waals surface area contributed by atoms with Gasteiger partial charge in [0, 0.05) is 37.6 Å². The molecular weight excluding hydrogens is 288 g/mol. The van der Waals surface area contributed by atoms with Gasteiger partial charge in [-0.25, -0.2) is 0 Å². The van der Waals surface area contributed by atoms with Crippen LogP contribution in [-0.2, 0) is 4.74 Å². The second-order valence-corrected chi connectivity index (χ2v) is 6.27. The Labute approximate surface area is 136 Å². The van der Waals surface area contributed by atoms with Crippen molar-refractivity contribution in [2.24, 2.45) is 5.92 Å². The van der Waals surface area contributed by atoms with Crippen molar-refractivity contribution in [2.45, 2.75) is 25.0 Å². The summed E-state index contributed by atoms with van der Waals surface area (Å²) in [6.45, 7) is 2.68. The maximum Gasteiger partial charge on any atom is 0.0823 e. The van der Waals surface area contributed by atoms with Crippen molar-refractivity contribution in [1.82, 2.24) is 9.97 Å². The zero-order valence-corrected chi connectivity index (χ0v) is 13.1. The highest BCUT2D eigenvalue weighted by Gasteiger charge is 2.42. The van der Waals surface area contributed by atoms with E-state index in [-0.39, 0.29) is 0 Å². The van der Waals surface area contributed by atoms with E-state index in [2.05, 4.69) is 32.3 Å². The average Bonchev–Trinajstić information content (AvgIpc) is 3.05. The molecule has 0 bridgehead atoms. The van der Waals surface area contributed by atoms with Crippen molar-refractivity contribution in [3.05, 3.63) is 49.1 Å². The van der Waals surface area contributed by atoms with E-state index in [4.69, 9.17) is 4.74 Å². The van der Waals surface area contributed by atoms with Crippen LogP contribution in [0, 0.1) is 5.92 Å². The van der Waals surface area contributed by atoms with Crippen molar-refractivity contribution in [1.29, 1.82) is 0 Å². The number of hydrogen-bond acceptors (Lipinski definition) is 5. The van der Waals surface area contributed by atoms with Gasteiger partial charge in [0.25, 0.3) is 0 Å². The molecule has 1 saturated carbocycles. The highest BCUT2D eigenvalue weighted by atomic mass is 16.5. The molecule has 0 unspecified atom stereocenters. The highest BCUT2D eigenvalue weighted by molar-refractivity contribution is 5.46. The summed E-state index contributed by atoms with van der Waals surface area (Å²) in [6.07, 6.45) is 10.1. The Kier molecular flexibility index (Phi) is 4.11. The average molecular weight is 310 g/mol. The monoisotopic (exact) mass is 310 g/mol. The zero-order valence-electron chi connectivity index (χ0n) is 13.1. The summed E-state index contributed by atoms with van der Waals surface area (Å²) in [5.74, 6) is 0.541. The fraction of sp³-hybridized carbons (Fsp3) is 0.444. The summed E-state index contributed by atoms with van der Waals surface area (Å²) in [5, 5.41) is 3.50. The molecule has 5 heteroatoms. The lowest BCUT2D eigenvalue weighted by atomic mass is 10.0. The van der Waals surface area contributed by atoms with Gasteiger partial charge in [0.2, 0.25) is 0 Å². The number of nitrogens with zero attached hydrogens (tertiary/aromatic N) is 3. The van der Waals surface area contributed by atoms with Gasteiger partial charge >= 0.3 is 0 Å². The first kappa shape index (κ1) is 14.5. The Morgan fingerprint density at radius 3 is 2.78 bits per heavy atom. The molecule has 0 spiro atoms. The summed E-state index contributed by atoms with van der Waals surface area (Å²) >= 11 is 0. The molecular formula is C18H22N4O. The molecule has 120 valence electrons. The minimum Gasteiger partial charge on any atom is -0.383 e. The molecule has 1 aliphatic heterocycles. The molecule has 1 N–H and O–H groups in total. The molecule has 5 nitrogen and oxygen atoms in total. The molecule has 3 heterocycles. The molecule has 0 amide bonds. The van der Waals surface area contributed by atoms with E-state index in [9.17, 15) is 0 Å². The number of pyridine rings is 2. The fourth-order valence-electron chi connectivity index (χ4n) is 3.84. The molecule has 3 atom stereocenters. The normalized spacial score (nSPS) is 26.8. The minimum atomic E-state index is 0.299. The zero-order chi connectivity index (χ0) is 15.5. The summed E-state index contributed by atoms with van der Waals surface area (Å²) in [5.41, 5.74) is 2.29. The topological polar surface area (TPSA) is 50.3 Å². The van der Waals surface area contributed by atoms with E-state index < -0.39 is 0 Å². The van der Waals surface area contributed by atoms with Gasteiger partial charge in [-0.1, -0.05) is 0 Å². The van der Waals surface area contributed by atoms with Gasteiger partial charge in [0.05, 0.1) is 36.3 Å². The van der Waals surface area contributed by atoms with Gasteiger partial charge in [-0.15, -0.1) is 0 Å². The Balaban J connectivity index is 1.43. The van der Waals surface area contributed by atoms with Crippen LogP contribution in [0.3, 0.4) is 0 Å². The summed E-state index contributed by atoms with van der Waals surface area (Å²) in [4.78, 5) is 10.9. The first-order chi connectivity index (χ1) is 11.4. The molecule has 2 fully saturated rings. The second-order valence-electron chi connectivity index (χ2n) is 6.27. The van der Waals surface area contributed by atoms with Gasteiger partial charge in [-0.3, -0.25) is 9.97 Å². The van der Waals surface area contributed by atoms with Crippen LogP contribution in [0.4, 0.5) is 11.4 Å². The van der Waals surface area contributed by atoms with Crippen LogP contribution in [0.5, 0.6) is 0 Å². The summed E-state index contributed by atoms with van der Waals surface area (Å²) in [6, 6.07) is 8.64. The number of nitrogens with one attached hydrogen (secondary N) is 1. The van der Waals surface area contributed by atoms with Crippen molar-refractivity contribution in [2.75, 3.05) is 29.9 Å². The second kappa shape index (κ2) is 6.54. The molecule has 1 aliphatic carbocycles. The van der Waals surface area contributed by atoms with E-state index >= 15 is 0 Å². The summed E-state index contributed by atoms with van der Waals surface area (Å²) < 4.78 is 6.14. The number of rotatable bonds is 4. The summed E-state index contributed by atoms with van der Waals surface area (Å²) in [7, 11) is 0. The first-order valence-corrected chi connectivity index (χ1v) is 8.34. The number of aromatic nitrogens is 2. The Bertz CT molecular complexity index is 621. The third kappa shape index (κ3) is 3.01. The highest BCUT2D eigenvalue weighted by Crippen LogP contribution is 2.36. The standard InChI is InChI=1S/C18H22N4O/c1-3-15(12-19-7-1)21-11-14-5-6-17-18(14)23-10-9-22(17)16-4-2-8-20-13-16/h1-4,7-8,12-14,17-18,21H,5-6,9-11H2/t14-,17-,18-/m0/s1. The maximum atomic E-state index is 6.14. The van der Waals surface area contributed by atoms with E-state index in [1.54, 1.807) is 6.20 Å². The quantitative estimate of drug-likeness (QED) is 0.940. The lowest BCUT2D eigenvalue weighted by Gasteiger charge is -2.40. The van der Waals surface area contributed by atoms with Crippen LogP contribution >= 0.6 is 0 Å². The van der Waals surface area contributed by atoms with Gasteiger partial charge in [-0.2, -0.15) is 0 Å². The van der Waals surface area contributed by atoms with E-state index in [1.165, 1.54) is 18.5 Å². The Morgan fingerprint density at radius 2 is 2.00 bits per heavy atom. The largest absolute Gasteiger partial charge is 0.383 e. The number of anilines is 2. The van der Waals surface area contributed by atoms with E-state index in [1.807, 2.05) is 30.7 Å². The van der Waals surface area contributed by atoms with Crippen molar-refractivity contribution >= 4 is 11.4 Å².